The van der Waals surface area contributed by atoms with Crippen LogP contribution in [0.3, 0.4) is 0 Å². The smallest absolute Gasteiger partial charge is 0.422 e. The van der Waals surface area contributed by atoms with Crippen LogP contribution in [0.15, 0.2) is 35.5 Å². The molecule has 0 saturated heterocycles. The average molecular weight is 358 g/mol. The van der Waals surface area contributed by atoms with Crippen LogP contribution in [0.2, 0.25) is 0 Å². The number of carbonyl (C=O) groups is 2. The zero-order valence-electron chi connectivity index (χ0n) is 13.6. The van der Waals surface area contributed by atoms with Crippen LogP contribution < -0.4 is 15.4 Å². The van der Waals surface area contributed by atoms with E-state index in [0.29, 0.717) is 17.9 Å². The first-order valence-corrected chi connectivity index (χ1v) is 7.46. The van der Waals surface area contributed by atoms with Crippen LogP contribution in [-0.4, -0.2) is 31.4 Å². The molecule has 0 saturated carbocycles. The number of hydrogen-bond acceptors (Lipinski definition) is 4. The fourth-order valence-corrected chi connectivity index (χ4v) is 2.36. The lowest BCUT2D eigenvalue weighted by Gasteiger charge is -2.28. The van der Waals surface area contributed by atoms with E-state index in [1.54, 1.807) is 24.3 Å². The molecule has 0 spiro atoms. The number of allylic oxidation sites excluding steroid dienone is 1. The molecule has 2 N–H and O–H groups in total. The summed E-state index contributed by atoms with van der Waals surface area (Å²) in [6.07, 6.45) is -4.63. The zero-order valence-corrected chi connectivity index (χ0v) is 13.6. The molecule has 136 valence electrons. The van der Waals surface area contributed by atoms with E-state index >= 15 is 0 Å². The minimum atomic E-state index is -4.63. The molecule has 6 nitrogen and oxygen atoms in total. The fraction of sp³-hybridized carbons (Fsp3) is 0.375. The molecule has 1 aromatic rings. The van der Waals surface area contributed by atoms with Gasteiger partial charge in [-0.3, -0.25) is 0 Å². The number of nitrogens with one attached hydrogen (secondary N) is 2. The van der Waals surface area contributed by atoms with Crippen LogP contribution >= 0.6 is 0 Å². The lowest BCUT2D eigenvalue weighted by Crippen LogP contribution is -2.45. The number of ether oxygens (including phenoxy) is 2. The number of benzene rings is 1. The molecule has 0 radical (unpaired) electrons. The van der Waals surface area contributed by atoms with Gasteiger partial charge in [-0.1, -0.05) is 12.1 Å². The molecule has 0 bridgehead atoms. The minimum Gasteiger partial charge on any atom is -0.494 e. The van der Waals surface area contributed by atoms with Gasteiger partial charge in [-0.15, -0.1) is 0 Å². The van der Waals surface area contributed by atoms with Crippen LogP contribution in [0, 0.1) is 0 Å². The second kappa shape index (κ2) is 7.45. The van der Waals surface area contributed by atoms with Gasteiger partial charge in [0.05, 0.1) is 18.2 Å². The van der Waals surface area contributed by atoms with Crippen molar-refractivity contribution in [2.45, 2.75) is 26.1 Å². The third-order valence-corrected chi connectivity index (χ3v) is 3.38. The van der Waals surface area contributed by atoms with Gasteiger partial charge in [-0.2, -0.15) is 13.2 Å². The van der Waals surface area contributed by atoms with Gasteiger partial charge in [0, 0.05) is 5.70 Å². The first kappa shape index (κ1) is 18.6. The maximum atomic E-state index is 12.3. The normalized spacial score (nSPS) is 17.6. The van der Waals surface area contributed by atoms with E-state index in [1.807, 2.05) is 6.92 Å². The second-order valence-corrected chi connectivity index (χ2v) is 5.26. The molecule has 1 aliphatic rings. The summed E-state index contributed by atoms with van der Waals surface area (Å²) in [5, 5.41) is 4.87. The summed E-state index contributed by atoms with van der Waals surface area (Å²) in [5.41, 5.74) is 0.555. The molecule has 9 heteroatoms. The summed E-state index contributed by atoms with van der Waals surface area (Å²) in [4.78, 5) is 23.8. The third-order valence-electron chi connectivity index (χ3n) is 3.38. The zero-order chi connectivity index (χ0) is 18.6. The van der Waals surface area contributed by atoms with Crippen molar-refractivity contribution in [3.8, 4) is 5.75 Å². The van der Waals surface area contributed by atoms with Crippen molar-refractivity contribution < 1.29 is 32.2 Å². The Morgan fingerprint density at radius 2 is 1.88 bits per heavy atom. The maximum Gasteiger partial charge on any atom is 0.422 e. The number of urea groups is 1. The van der Waals surface area contributed by atoms with Crippen LogP contribution in [0.1, 0.15) is 25.5 Å². The van der Waals surface area contributed by atoms with Crippen molar-refractivity contribution in [2.75, 3.05) is 13.2 Å². The molecule has 0 aromatic heterocycles. The largest absolute Gasteiger partial charge is 0.494 e. The Hall–Kier alpha value is -2.71. The molecule has 2 rings (SSSR count). The van der Waals surface area contributed by atoms with Crippen molar-refractivity contribution >= 4 is 12.0 Å². The van der Waals surface area contributed by atoms with Gasteiger partial charge >= 0.3 is 18.2 Å². The summed E-state index contributed by atoms with van der Waals surface area (Å²) in [7, 11) is 0. The van der Waals surface area contributed by atoms with Gasteiger partial charge in [0.2, 0.25) is 0 Å². The molecule has 25 heavy (non-hydrogen) atoms. The summed E-state index contributed by atoms with van der Waals surface area (Å²) >= 11 is 0. The monoisotopic (exact) mass is 358 g/mol. The topological polar surface area (TPSA) is 76.7 Å². The number of carbonyl (C=O) groups excluding carboxylic acids is 2. The molecule has 0 fully saturated rings. The van der Waals surface area contributed by atoms with E-state index in [0.717, 1.165) is 0 Å². The van der Waals surface area contributed by atoms with E-state index < -0.39 is 30.8 Å². The minimum absolute atomic E-state index is 0.0898. The third kappa shape index (κ3) is 4.88. The van der Waals surface area contributed by atoms with Gasteiger partial charge in [-0.25, -0.2) is 9.59 Å². The second-order valence-electron chi connectivity index (χ2n) is 5.26. The van der Waals surface area contributed by atoms with E-state index in [1.165, 1.54) is 6.92 Å². The number of hydrogen-bond donors (Lipinski definition) is 2. The SMILES string of the molecule is CCOc1ccc([C@@H]2NC(=O)NC(C)=C2C(=O)OCC(F)(F)F)cc1. The van der Waals surface area contributed by atoms with Crippen LogP contribution in [0.25, 0.3) is 0 Å². The highest BCUT2D eigenvalue weighted by Crippen LogP contribution is 2.29. The number of rotatable bonds is 5. The predicted octanol–water partition coefficient (Wildman–Crippen LogP) is 2.82. The lowest BCUT2D eigenvalue weighted by atomic mass is 9.95. The quantitative estimate of drug-likeness (QED) is 0.794. The van der Waals surface area contributed by atoms with Crippen molar-refractivity contribution in [1.29, 1.82) is 0 Å². The van der Waals surface area contributed by atoms with Crippen molar-refractivity contribution in [1.82, 2.24) is 10.6 Å². The number of esters is 1. The average Bonchev–Trinajstić information content (AvgIpc) is 2.52. The first-order chi connectivity index (χ1) is 11.7. The van der Waals surface area contributed by atoms with Crippen LogP contribution in [-0.2, 0) is 9.53 Å². The maximum absolute atomic E-state index is 12.3. The Kier molecular flexibility index (Phi) is 5.55. The Morgan fingerprint density at radius 1 is 1.24 bits per heavy atom. The van der Waals surface area contributed by atoms with Crippen molar-refractivity contribution in [3.05, 3.63) is 41.1 Å². The highest BCUT2D eigenvalue weighted by atomic mass is 19.4. The van der Waals surface area contributed by atoms with E-state index in [4.69, 9.17) is 4.74 Å². The van der Waals surface area contributed by atoms with E-state index in [9.17, 15) is 22.8 Å². The van der Waals surface area contributed by atoms with E-state index in [2.05, 4.69) is 15.4 Å². The summed E-state index contributed by atoms with van der Waals surface area (Å²) in [6.45, 7) is 2.01. The molecular weight excluding hydrogens is 341 g/mol. The number of amides is 2. The number of alkyl halides is 3. The Labute approximate surface area is 142 Å². The van der Waals surface area contributed by atoms with Gasteiger partial charge in [0.15, 0.2) is 6.61 Å². The van der Waals surface area contributed by atoms with Gasteiger partial charge in [0.25, 0.3) is 0 Å². The predicted molar refractivity (Wildman–Crippen MR) is 81.7 cm³/mol. The summed E-state index contributed by atoms with van der Waals surface area (Å²) in [5.74, 6) is -0.561. The highest BCUT2D eigenvalue weighted by molar-refractivity contribution is 5.95. The van der Waals surface area contributed by atoms with Gasteiger partial charge < -0.3 is 20.1 Å². The molecular formula is C16H17F3N2O4. The van der Waals surface area contributed by atoms with Crippen molar-refractivity contribution in [2.24, 2.45) is 0 Å². The van der Waals surface area contributed by atoms with Crippen LogP contribution in [0.4, 0.5) is 18.0 Å². The molecule has 2 amide bonds. The van der Waals surface area contributed by atoms with Crippen LogP contribution in [0.5, 0.6) is 5.75 Å². The molecule has 0 aliphatic carbocycles. The Bertz CT molecular complexity index is 684. The van der Waals surface area contributed by atoms with Gasteiger partial charge in [-0.05, 0) is 31.5 Å². The highest BCUT2D eigenvalue weighted by Gasteiger charge is 2.35. The Balaban J connectivity index is 2.28. The number of halogens is 3. The fourth-order valence-electron chi connectivity index (χ4n) is 2.36. The Morgan fingerprint density at radius 3 is 2.44 bits per heavy atom. The molecule has 1 heterocycles. The molecule has 1 atom stereocenters. The van der Waals surface area contributed by atoms with Gasteiger partial charge in [0.1, 0.15) is 5.75 Å². The molecule has 1 aromatic carbocycles. The molecule has 0 unspecified atom stereocenters. The standard InChI is InChI=1S/C16H17F3N2O4/c1-3-24-11-6-4-10(5-7-11)13-12(9(2)20-15(23)21-13)14(22)25-8-16(17,18)19/h4-7,13H,3,8H2,1-2H3,(H2,20,21,23)/t13-/m0/s1. The summed E-state index contributed by atoms with van der Waals surface area (Å²) in [6, 6.07) is 5.02. The summed E-state index contributed by atoms with van der Waals surface area (Å²) < 4.78 is 46.5. The molecule has 1 aliphatic heterocycles. The van der Waals surface area contributed by atoms with E-state index in [-0.39, 0.29) is 11.3 Å². The first-order valence-electron chi connectivity index (χ1n) is 7.46. The lowest BCUT2D eigenvalue weighted by molar-refractivity contribution is -0.183. The van der Waals surface area contributed by atoms with Crippen molar-refractivity contribution in [3.63, 3.8) is 0 Å².